The van der Waals surface area contributed by atoms with Crippen molar-refractivity contribution in [2.45, 2.75) is 12.8 Å². The zero-order valence-corrected chi connectivity index (χ0v) is 11.6. The summed E-state index contributed by atoms with van der Waals surface area (Å²) in [5.41, 5.74) is 4.85. The Kier molecular flexibility index (Phi) is 5.19. The molecule has 0 radical (unpaired) electrons. The molecular formula is C16H14F2N2O2. The van der Waals surface area contributed by atoms with Crippen LogP contribution in [0.4, 0.5) is 8.78 Å². The van der Waals surface area contributed by atoms with E-state index in [0.29, 0.717) is 12.0 Å². The number of rotatable bonds is 4. The molecule has 2 amide bonds. The summed E-state index contributed by atoms with van der Waals surface area (Å²) in [4.78, 5) is 23.3. The lowest BCUT2D eigenvalue weighted by Gasteiger charge is -2.08. The van der Waals surface area contributed by atoms with E-state index < -0.39 is 17.6 Å². The number of benzene rings is 2. The minimum Gasteiger partial charge on any atom is -0.273 e. The summed E-state index contributed by atoms with van der Waals surface area (Å²) in [6, 6.07) is 11.4. The highest BCUT2D eigenvalue weighted by atomic mass is 19.1. The molecule has 0 spiro atoms. The molecule has 0 fully saturated rings. The second-order valence-corrected chi connectivity index (χ2v) is 4.61. The molecule has 0 aliphatic carbocycles. The van der Waals surface area contributed by atoms with Crippen molar-refractivity contribution in [3.8, 4) is 0 Å². The van der Waals surface area contributed by atoms with E-state index in [-0.39, 0.29) is 17.8 Å². The Morgan fingerprint density at radius 1 is 0.955 bits per heavy atom. The number of aryl methyl sites for hydroxylation is 1. The summed E-state index contributed by atoms with van der Waals surface area (Å²) in [5.74, 6) is -2.23. The molecule has 0 aliphatic rings. The molecule has 0 heterocycles. The zero-order chi connectivity index (χ0) is 15.9. The van der Waals surface area contributed by atoms with Crippen molar-refractivity contribution < 1.29 is 18.4 Å². The lowest BCUT2D eigenvalue weighted by molar-refractivity contribution is -0.121. The second-order valence-electron chi connectivity index (χ2n) is 4.61. The van der Waals surface area contributed by atoms with E-state index in [0.717, 1.165) is 6.07 Å². The minimum absolute atomic E-state index is 0.0704. The van der Waals surface area contributed by atoms with Gasteiger partial charge in [-0.05, 0) is 36.2 Å². The van der Waals surface area contributed by atoms with Gasteiger partial charge in [0.25, 0.3) is 5.91 Å². The highest BCUT2D eigenvalue weighted by Crippen LogP contribution is 2.07. The van der Waals surface area contributed by atoms with Gasteiger partial charge in [-0.25, -0.2) is 8.78 Å². The first-order valence-corrected chi connectivity index (χ1v) is 6.64. The van der Waals surface area contributed by atoms with Gasteiger partial charge in [0.2, 0.25) is 5.91 Å². The van der Waals surface area contributed by atoms with E-state index in [2.05, 4.69) is 10.9 Å². The predicted octanol–water partition coefficient (Wildman–Crippen LogP) is 2.36. The van der Waals surface area contributed by atoms with Gasteiger partial charge in [-0.1, -0.05) is 24.3 Å². The van der Waals surface area contributed by atoms with Gasteiger partial charge in [0.1, 0.15) is 11.6 Å². The summed E-state index contributed by atoms with van der Waals surface area (Å²) in [7, 11) is 0. The first-order chi connectivity index (χ1) is 10.6. The molecule has 0 bridgehead atoms. The highest BCUT2D eigenvalue weighted by molar-refractivity contribution is 5.95. The van der Waals surface area contributed by atoms with E-state index in [1.807, 2.05) is 0 Å². The predicted molar refractivity (Wildman–Crippen MR) is 76.7 cm³/mol. The Balaban J connectivity index is 1.81. The highest BCUT2D eigenvalue weighted by Gasteiger charge is 2.11. The van der Waals surface area contributed by atoms with Crippen LogP contribution in [0.5, 0.6) is 0 Å². The molecule has 0 unspecified atom stereocenters. The summed E-state index contributed by atoms with van der Waals surface area (Å²) >= 11 is 0. The normalized spacial score (nSPS) is 10.1. The minimum atomic E-state index is -0.739. The molecule has 4 nitrogen and oxygen atoms in total. The Morgan fingerprint density at radius 2 is 1.73 bits per heavy atom. The molecule has 114 valence electrons. The molecule has 6 heteroatoms. The number of nitrogens with one attached hydrogen (secondary N) is 2. The Hall–Kier alpha value is -2.76. The van der Waals surface area contributed by atoms with Crippen molar-refractivity contribution in [3.63, 3.8) is 0 Å². The van der Waals surface area contributed by atoms with E-state index in [9.17, 15) is 18.4 Å². The van der Waals surface area contributed by atoms with Gasteiger partial charge >= 0.3 is 0 Å². The van der Waals surface area contributed by atoms with Crippen molar-refractivity contribution in [3.05, 3.63) is 71.3 Å². The third kappa shape index (κ3) is 4.37. The van der Waals surface area contributed by atoms with E-state index in [1.165, 1.54) is 30.3 Å². The number of halogens is 2. The van der Waals surface area contributed by atoms with Crippen molar-refractivity contribution in [1.29, 1.82) is 0 Å². The molecule has 0 saturated carbocycles. The van der Waals surface area contributed by atoms with E-state index in [4.69, 9.17) is 0 Å². The largest absolute Gasteiger partial charge is 0.273 e. The van der Waals surface area contributed by atoms with Crippen LogP contribution in [-0.2, 0) is 11.2 Å². The second kappa shape index (κ2) is 7.31. The van der Waals surface area contributed by atoms with Crippen LogP contribution >= 0.6 is 0 Å². The maximum Gasteiger partial charge on any atom is 0.272 e. The smallest absolute Gasteiger partial charge is 0.272 e. The third-order valence-corrected chi connectivity index (χ3v) is 2.96. The van der Waals surface area contributed by atoms with Crippen LogP contribution in [0.2, 0.25) is 0 Å². The quantitative estimate of drug-likeness (QED) is 0.852. The summed E-state index contributed by atoms with van der Waals surface area (Å²) in [5, 5.41) is 0. The van der Waals surface area contributed by atoms with Crippen LogP contribution in [0.15, 0.2) is 48.5 Å². The molecule has 0 saturated heterocycles. The molecule has 0 aromatic heterocycles. The Labute approximate surface area is 126 Å². The number of carbonyl (C=O) groups is 2. The Morgan fingerprint density at radius 3 is 2.45 bits per heavy atom. The van der Waals surface area contributed by atoms with Crippen LogP contribution in [0.3, 0.4) is 0 Å². The number of hydrogen-bond acceptors (Lipinski definition) is 2. The van der Waals surface area contributed by atoms with E-state index in [1.54, 1.807) is 12.1 Å². The van der Waals surface area contributed by atoms with Crippen LogP contribution < -0.4 is 10.9 Å². The summed E-state index contributed by atoms with van der Waals surface area (Å²) < 4.78 is 26.3. The van der Waals surface area contributed by atoms with Gasteiger partial charge in [0.15, 0.2) is 0 Å². The molecule has 2 rings (SSSR count). The topological polar surface area (TPSA) is 58.2 Å². The number of hydrogen-bond donors (Lipinski definition) is 2. The monoisotopic (exact) mass is 304 g/mol. The molecule has 0 atom stereocenters. The van der Waals surface area contributed by atoms with E-state index >= 15 is 0 Å². The standard InChI is InChI=1S/C16H14F2N2O2/c17-12-5-3-4-11(10-12)8-9-15(21)19-20-16(22)13-6-1-2-7-14(13)18/h1-7,10H,8-9H2,(H,19,21)(H,20,22). The molecule has 2 aromatic rings. The summed E-state index contributed by atoms with van der Waals surface area (Å²) in [6.45, 7) is 0. The number of hydrazine groups is 1. The summed E-state index contributed by atoms with van der Waals surface area (Å²) in [6.07, 6.45) is 0.403. The average molecular weight is 304 g/mol. The molecular weight excluding hydrogens is 290 g/mol. The number of amides is 2. The van der Waals surface area contributed by atoms with Crippen LogP contribution in [0.25, 0.3) is 0 Å². The fraction of sp³-hybridized carbons (Fsp3) is 0.125. The zero-order valence-electron chi connectivity index (χ0n) is 11.6. The number of carbonyl (C=O) groups excluding carboxylic acids is 2. The van der Waals surface area contributed by atoms with Crippen molar-refractivity contribution in [2.24, 2.45) is 0 Å². The van der Waals surface area contributed by atoms with Gasteiger partial charge in [0.05, 0.1) is 5.56 Å². The maximum absolute atomic E-state index is 13.4. The average Bonchev–Trinajstić information content (AvgIpc) is 2.51. The van der Waals surface area contributed by atoms with Crippen molar-refractivity contribution in [1.82, 2.24) is 10.9 Å². The SMILES string of the molecule is O=C(CCc1cccc(F)c1)NNC(=O)c1ccccc1F. The van der Waals surface area contributed by atoms with Gasteiger partial charge in [-0.15, -0.1) is 0 Å². The van der Waals surface area contributed by atoms with Crippen LogP contribution in [0.1, 0.15) is 22.3 Å². The molecule has 22 heavy (non-hydrogen) atoms. The molecule has 0 aliphatic heterocycles. The van der Waals surface area contributed by atoms with Crippen LogP contribution in [-0.4, -0.2) is 11.8 Å². The van der Waals surface area contributed by atoms with Gasteiger partial charge < -0.3 is 0 Å². The first kappa shape index (κ1) is 15.6. The molecule has 2 N–H and O–H groups in total. The van der Waals surface area contributed by atoms with Gasteiger partial charge in [-0.3, -0.25) is 20.4 Å². The van der Waals surface area contributed by atoms with Gasteiger partial charge in [-0.2, -0.15) is 0 Å². The fourth-order valence-corrected chi connectivity index (χ4v) is 1.85. The maximum atomic E-state index is 13.4. The lowest BCUT2D eigenvalue weighted by Crippen LogP contribution is -2.42. The lowest BCUT2D eigenvalue weighted by atomic mass is 10.1. The molecule has 2 aromatic carbocycles. The van der Waals surface area contributed by atoms with Gasteiger partial charge in [0, 0.05) is 6.42 Å². The van der Waals surface area contributed by atoms with Crippen molar-refractivity contribution >= 4 is 11.8 Å². The third-order valence-electron chi connectivity index (χ3n) is 2.96. The Bertz CT molecular complexity index is 689. The first-order valence-electron chi connectivity index (χ1n) is 6.64. The van der Waals surface area contributed by atoms with Crippen molar-refractivity contribution in [2.75, 3.05) is 0 Å². The van der Waals surface area contributed by atoms with Crippen LogP contribution in [0, 0.1) is 11.6 Å². The fourth-order valence-electron chi connectivity index (χ4n) is 1.85.